The summed E-state index contributed by atoms with van der Waals surface area (Å²) < 4.78 is 0. The molecule has 0 radical (unpaired) electrons. The first-order valence-corrected chi connectivity index (χ1v) is 8.08. The summed E-state index contributed by atoms with van der Waals surface area (Å²) in [4.78, 5) is 30.6. The van der Waals surface area contributed by atoms with E-state index >= 15 is 0 Å². The van der Waals surface area contributed by atoms with Crippen molar-refractivity contribution in [3.8, 4) is 0 Å². The van der Waals surface area contributed by atoms with Crippen LogP contribution < -0.4 is 0 Å². The Hall–Kier alpha value is -1.26. The molecule has 3 fully saturated rings. The van der Waals surface area contributed by atoms with Crippen molar-refractivity contribution in [2.45, 2.75) is 38.5 Å². The second-order valence-electron chi connectivity index (χ2n) is 6.27. The molecule has 0 aromatic carbocycles. The quantitative estimate of drug-likeness (QED) is 0.731. The maximum absolute atomic E-state index is 12.3. The second kappa shape index (κ2) is 6.02. The van der Waals surface area contributed by atoms with Crippen molar-refractivity contribution in [1.29, 1.82) is 0 Å². The molecule has 5 nitrogen and oxygen atoms in total. The van der Waals surface area contributed by atoms with Crippen molar-refractivity contribution in [1.82, 2.24) is 14.7 Å². The number of nitrogens with zero attached hydrogens (tertiary/aromatic N) is 3. The number of likely N-dealkylation sites (tertiary alicyclic amines) is 3. The highest BCUT2D eigenvalue weighted by atomic mass is 16.2. The first kappa shape index (κ1) is 13.7. The third-order valence-corrected chi connectivity index (χ3v) is 4.91. The van der Waals surface area contributed by atoms with E-state index in [0.717, 1.165) is 77.8 Å². The summed E-state index contributed by atoms with van der Waals surface area (Å²) in [5.74, 6) is 0.478. The van der Waals surface area contributed by atoms with Gasteiger partial charge in [-0.2, -0.15) is 0 Å². The Morgan fingerprint density at radius 3 is 1.65 bits per heavy atom. The largest absolute Gasteiger partial charge is 0.342 e. The molecule has 20 heavy (non-hydrogen) atoms. The van der Waals surface area contributed by atoms with Crippen LogP contribution in [-0.2, 0) is 4.79 Å². The van der Waals surface area contributed by atoms with Gasteiger partial charge in [0.1, 0.15) is 0 Å². The first-order valence-electron chi connectivity index (χ1n) is 8.08. The topological polar surface area (TPSA) is 43.9 Å². The fourth-order valence-electron chi connectivity index (χ4n) is 3.62. The van der Waals surface area contributed by atoms with Crippen molar-refractivity contribution < 1.29 is 9.59 Å². The molecule has 0 spiro atoms. The van der Waals surface area contributed by atoms with Gasteiger partial charge in [0.2, 0.25) is 5.91 Å². The number of carbonyl (C=O) groups is 2. The van der Waals surface area contributed by atoms with Crippen molar-refractivity contribution in [3.05, 3.63) is 0 Å². The molecular formula is C15H25N3O2. The number of hydrogen-bond acceptors (Lipinski definition) is 2. The third-order valence-electron chi connectivity index (χ3n) is 4.91. The number of urea groups is 1. The van der Waals surface area contributed by atoms with Gasteiger partial charge in [0.15, 0.2) is 0 Å². The molecule has 3 heterocycles. The summed E-state index contributed by atoms with van der Waals surface area (Å²) >= 11 is 0. The van der Waals surface area contributed by atoms with Gasteiger partial charge < -0.3 is 14.7 Å². The average Bonchev–Trinajstić information content (AvgIpc) is 3.18. The number of hydrogen-bond donors (Lipinski definition) is 0. The van der Waals surface area contributed by atoms with E-state index in [0.29, 0.717) is 5.91 Å². The fourth-order valence-corrected chi connectivity index (χ4v) is 3.62. The molecular weight excluding hydrogens is 254 g/mol. The van der Waals surface area contributed by atoms with Gasteiger partial charge >= 0.3 is 6.03 Å². The molecule has 0 aliphatic carbocycles. The highest BCUT2D eigenvalue weighted by Crippen LogP contribution is 2.23. The maximum atomic E-state index is 12.3. The Labute approximate surface area is 120 Å². The lowest BCUT2D eigenvalue weighted by molar-refractivity contribution is -0.135. The van der Waals surface area contributed by atoms with Crippen LogP contribution >= 0.6 is 0 Å². The average molecular weight is 279 g/mol. The van der Waals surface area contributed by atoms with Crippen molar-refractivity contribution in [3.63, 3.8) is 0 Å². The lowest BCUT2D eigenvalue weighted by atomic mass is 9.95. The van der Waals surface area contributed by atoms with E-state index in [2.05, 4.69) is 0 Å². The van der Waals surface area contributed by atoms with Crippen LogP contribution in [-0.4, -0.2) is 65.9 Å². The minimum atomic E-state index is 0.149. The number of amides is 3. The first-order chi connectivity index (χ1) is 9.75. The molecule has 0 aromatic rings. The summed E-state index contributed by atoms with van der Waals surface area (Å²) in [6, 6.07) is 0.189. The minimum Gasteiger partial charge on any atom is -0.342 e. The molecule has 5 heteroatoms. The van der Waals surface area contributed by atoms with Gasteiger partial charge in [0.25, 0.3) is 0 Å². The van der Waals surface area contributed by atoms with E-state index in [4.69, 9.17) is 0 Å². The van der Waals surface area contributed by atoms with E-state index in [1.54, 1.807) is 0 Å². The SMILES string of the molecule is O=C(C1CCN(C(=O)N2CCCC2)CC1)N1CCCC1. The van der Waals surface area contributed by atoms with Crippen LogP contribution in [0.3, 0.4) is 0 Å². The van der Waals surface area contributed by atoms with Gasteiger partial charge in [-0.25, -0.2) is 4.79 Å². The van der Waals surface area contributed by atoms with Crippen LogP contribution in [0.5, 0.6) is 0 Å². The van der Waals surface area contributed by atoms with Gasteiger partial charge in [-0.3, -0.25) is 4.79 Å². The minimum absolute atomic E-state index is 0.149. The molecule has 3 saturated heterocycles. The molecule has 0 unspecified atom stereocenters. The van der Waals surface area contributed by atoms with Crippen LogP contribution in [0, 0.1) is 5.92 Å². The Balaban J connectivity index is 1.48. The molecule has 3 rings (SSSR count). The molecule has 3 aliphatic heterocycles. The zero-order chi connectivity index (χ0) is 13.9. The third kappa shape index (κ3) is 2.76. The summed E-state index contributed by atoms with van der Waals surface area (Å²) in [6.45, 7) is 5.19. The van der Waals surface area contributed by atoms with Gasteiger partial charge in [-0.1, -0.05) is 0 Å². The van der Waals surface area contributed by atoms with Crippen LogP contribution in [0.15, 0.2) is 0 Å². The predicted molar refractivity (Wildman–Crippen MR) is 76.3 cm³/mol. The van der Waals surface area contributed by atoms with Gasteiger partial charge in [-0.05, 0) is 38.5 Å². The second-order valence-corrected chi connectivity index (χ2v) is 6.27. The van der Waals surface area contributed by atoms with E-state index < -0.39 is 0 Å². The predicted octanol–water partition coefficient (Wildman–Crippen LogP) is 1.54. The molecule has 3 amide bonds. The number of piperidine rings is 1. The molecule has 112 valence electrons. The Morgan fingerprint density at radius 1 is 0.650 bits per heavy atom. The van der Waals surface area contributed by atoms with Gasteiger partial charge in [0.05, 0.1) is 0 Å². The number of carbonyl (C=O) groups excluding carboxylic acids is 2. The van der Waals surface area contributed by atoms with Crippen LogP contribution in [0.4, 0.5) is 4.79 Å². The van der Waals surface area contributed by atoms with E-state index in [-0.39, 0.29) is 11.9 Å². The summed E-state index contributed by atoms with van der Waals surface area (Å²) in [5.41, 5.74) is 0. The highest BCUT2D eigenvalue weighted by molar-refractivity contribution is 5.80. The van der Waals surface area contributed by atoms with Crippen LogP contribution in [0.1, 0.15) is 38.5 Å². The van der Waals surface area contributed by atoms with E-state index in [1.807, 2.05) is 14.7 Å². The smallest absolute Gasteiger partial charge is 0.319 e. The molecule has 0 atom stereocenters. The normalized spacial score (nSPS) is 24.5. The lowest BCUT2D eigenvalue weighted by Crippen LogP contribution is -2.48. The maximum Gasteiger partial charge on any atom is 0.319 e. The van der Waals surface area contributed by atoms with Crippen molar-refractivity contribution >= 4 is 11.9 Å². The number of rotatable bonds is 1. The molecule has 3 aliphatic rings. The lowest BCUT2D eigenvalue weighted by Gasteiger charge is -2.35. The molecule has 0 N–H and O–H groups in total. The standard InChI is InChI=1S/C15H25N3O2/c19-14(16-7-1-2-8-16)13-5-11-18(12-6-13)15(20)17-9-3-4-10-17/h13H,1-12H2. The van der Waals surface area contributed by atoms with Crippen LogP contribution in [0.2, 0.25) is 0 Å². The Bertz CT molecular complexity index is 329. The highest BCUT2D eigenvalue weighted by Gasteiger charge is 2.32. The zero-order valence-corrected chi connectivity index (χ0v) is 12.2. The fraction of sp³-hybridized carbons (Fsp3) is 0.867. The summed E-state index contributed by atoms with van der Waals surface area (Å²) in [5, 5.41) is 0. The summed E-state index contributed by atoms with van der Waals surface area (Å²) in [7, 11) is 0. The monoisotopic (exact) mass is 279 g/mol. The Morgan fingerprint density at radius 2 is 1.10 bits per heavy atom. The van der Waals surface area contributed by atoms with E-state index in [1.165, 1.54) is 0 Å². The van der Waals surface area contributed by atoms with Gasteiger partial charge in [0, 0.05) is 45.2 Å². The van der Waals surface area contributed by atoms with Crippen molar-refractivity contribution in [2.24, 2.45) is 5.92 Å². The molecule has 0 saturated carbocycles. The molecule has 0 aromatic heterocycles. The van der Waals surface area contributed by atoms with E-state index in [9.17, 15) is 9.59 Å². The van der Waals surface area contributed by atoms with Gasteiger partial charge in [-0.15, -0.1) is 0 Å². The summed E-state index contributed by atoms with van der Waals surface area (Å²) in [6.07, 6.45) is 6.26. The molecule has 0 bridgehead atoms. The Kier molecular flexibility index (Phi) is 4.13. The zero-order valence-electron chi connectivity index (χ0n) is 12.2. The van der Waals surface area contributed by atoms with Crippen molar-refractivity contribution in [2.75, 3.05) is 39.3 Å². The van der Waals surface area contributed by atoms with Crippen LogP contribution in [0.25, 0.3) is 0 Å².